The summed E-state index contributed by atoms with van der Waals surface area (Å²) in [6.45, 7) is 0.615. The van der Waals surface area contributed by atoms with Crippen LogP contribution in [0.5, 0.6) is 0 Å². The maximum Gasteiger partial charge on any atom is 0.137 e. The summed E-state index contributed by atoms with van der Waals surface area (Å²) in [5, 5.41) is 4.74. The van der Waals surface area contributed by atoms with Crippen LogP contribution in [0.4, 0.5) is 5.82 Å². The first-order chi connectivity index (χ1) is 12.2. The zero-order chi connectivity index (χ0) is 17.6. The number of benzene rings is 1. The fourth-order valence-corrected chi connectivity index (χ4v) is 3.50. The zero-order valence-electron chi connectivity index (χ0n) is 15.4. The average Bonchev–Trinajstić information content (AvgIpc) is 2.63. The number of anilines is 1. The minimum absolute atomic E-state index is 0.488. The van der Waals surface area contributed by atoms with E-state index in [4.69, 9.17) is 4.74 Å². The number of nitrogens with zero attached hydrogens (tertiary/aromatic N) is 3. The number of hydrogen-bond acceptors (Lipinski definition) is 5. The lowest BCUT2D eigenvalue weighted by atomic mass is 9.90. The van der Waals surface area contributed by atoms with Crippen molar-refractivity contribution in [3.8, 4) is 0 Å². The van der Waals surface area contributed by atoms with Crippen LogP contribution in [0.2, 0.25) is 0 Å². The number of aromatic nitrogens is 2. The van der Waals surface area contributed by atoms with Gasteiger partial charge in [0.2, 0.25) is 0 Å². The first-order valence-corrected chi connectivity index (χ1v) is 9.00. The van der Waals surface area contributed by atoms with Crippen LogP contribution >= 0.6 is 0 Å². The third-order valence-electron chi connectivity index (χ3n) is 5.00. The molecule has 1 fully saturated rings. The maximum atomic E-state index is 5.07. The minimum Gasteiger partial charge on any atom is -0.381 e. The molecule has 0 bridgehead atoms. The fourth-order valence-electron chi connectivity index (χ4n) is 3.50. The highest BCUT2D eigenvalue weighted by molar-refractivity contribution is 5.90. The predicted molar refractivity (Wildman–Crippen MR) is 104 cm³/mol. The van der Waals surface area contributed by atoms with E-state index in [1.165, 1.54) is 25.7 Å². The van der Waals surface area contributed by atoms with Gasteiger partial charge in [0.25, 0.3) is 0 Å². The molecule has 0 unspecified atom stereocenters. The Morgan fingerprint density at radius 2 is 2.00 bits per heavy atom. The van der Waals surface area contributed by atoms with E-state index in [1.54, 1.807) is 13.4 Å². The monoisotopic (exact) mass is 340 g/mol. The molecule has 2 aromatic rings. The zero-order valence-corrected chi connectivity index (χ0v) is 15.4. The predicted octanol–water partition coefficient (Wildman–Crippen LogP) is 3.57. The molecule has 0 atom stereocenters. The quantitative estimate of drug-likeness (QED) is 0.871. The molecule has 1 saturated carbocycles. The summed E-state index contributed by atoms with van der Waals surface area (Å²) in [7, 11) is 6.05. The van der Waals surface area contributed by atoms with Crippen LogP contribution in [0.3, 0.4) is 0 Å². The SMILES string of the molecule is COCC=Cc1ccc2ncnc(NC3CCC(N(C)C)CC3)c2c1. The van der Waals surface area contributed by atoms with E-state index in [1.807, 2.05) is 6.08 Å². The van der Waals surface area contributed by atoms with Crippen molar-refractivity contribution in [1.29, 1.82) is 0 Å². The molecule has 1 aromatic heterocycles. The summed E-state index contributed by atoms with van der Waals surface area (Å²) in [4.78, 5) is 11.3. The third-order valence-corrected chi connectivity index (χ3v) is 5.00. The standard InChI is InChI=1S/C20H28N4O/c1-24(2)17-9-7-16(8-10-17)23-20-18-13-15(5-4-12-25-3)6-11-19(18)21-14-22-20/h4-6,11,13-14,16-17H,7-10,12H2,1-3H3,(H,21,22,23). The molecule has 0 spiro atoms. The van der Waals surface area contributed by atoms with E-state index in [2.05, 4.69) is 58.6 Å². The molecular weight excluding hydrogens is 312 g/mol. The Bertz CT molecular complexity index is 721. The van der Waals surface area contributed by atoms with Crippen molar-refractivity contribution in [1.82, 2.24) is 14.9 Å². The number of rotatable bonds is 6. The molecule has 0 saturated heterocycles. The summed E-state index contributed by atoms with van der Waals surface area (Å²) < 4.78 is 5.07. The van der Waals surface area contributed by atoms with Crippen LogP contribution in [0.15, 0.2) is 30.6 Å². The van der Waals surface area contributed by atoms with Gasteiger partial charge in [-0.2, -0.15) is 0 Å². The van der Waals surface area contributed by atoms with Crippen molar-refractivity contribution in [3.63, 3.8) is 0 Å². The lowest BCUT2D eigenvalue weighted by molar-refractivity contribution is 0.221. The van der Waals surface area contributed by atoms with Gasteiger partial charge in [0.15, 0.2) is 0 Å². The van der Waals surface area contributed by atoms with Crippen molar-refractivity contribution in [2.24, 2.45) is 0 Å². The highest BCUT2D eigenvalue weighted by Gasteiger charge is 2.22. The van der Waals surface area contributed by atoms with Crippen LogP contribution in [-0.2, 0) is 4.74 Å². The summed E-state index contributed by atoms with van der Waals surface area (Å²) in [6.07, 6.45) is 10.6. The number of hydrogen-bond donors (Lipinski definition) is 1. The molecule has 25 heavy (non-hydrogen) atoms. The molecular formula is C20H28N4O. The molecule has 1 N–H and O–H groups in total. The topological polar surface area (TPSA) is 50.3 Å². The van der Waals surface area contributed by atoms with Gasteiger partial charge in [-0.25, -0.2) is 9.97 Å². The van der Waals surface area contributed by atoms with Crippen molar-refractivity contribution >= 4 is 22.8 Å². The molecule has 0 amide bonds. The summed E-state index contributed by atoms with van der Waals surface area (Å²) in [5.74, 6) is 0.945. The van der Waals surface area contributed by atoms with Crippen molar-refractivity contribution in [3.05, 3.63) is 36.2 Å². The number of ether oxygens (including phenoxy) is 1. The molecule has 5 heteroatoms. The van der Waals surface area contributed by atoms with E-state index in [0.717, 1.165) is 22.3 Å². The fraction of sp³-hybridized carbons (Fsp3) is 0.500. The largest absolute Gasteiger partial charge is 0.381 e. The average molecular weight is 340 g/mol. The van der Waals surface area contributed by atoms with E-state index >= 15 is 0 Å². The molecule has 3 rings (SSSR count). The van der Waals surface area contributed by atoms with E-state index in [9.17, 15) is 0 Å². The Morgan fingerprint density at radius 1 is 1.20 bits per heavy atom. The van der Waals surface area contributed by atoms with E-state index in [0.29, 0.717) is 18.7 Å². The first kappa shape index (κ1) is 17.8. The van der Waals surface area contributed by atoms with E-state index in [-0.39, 0.29) is 0 Å². The Hall–Kier alpha value is -1.98. The smallest absolute Gasteiger partial charge is 0.137 e. The van der Waals surface area contributed by atoms with Crippen molar-refractivity contribution in [2.75, 3.05) is 33.1 Å². The van der Waals surface area contributed by atoms with Crippen LogP contribution in [-0.4, -0.2) is 54.8 Å². The maximum absolute atomic E-state index is 5.07. The van der Waals surface area contributed by atoms with Crippen molar-refractivity contribution < 1.29 is 4.74 Å². The van der Waals surface area contributed by atoms with Gasteiger partial charge in [-0.3, -0.25) is 0 Å². The van der Waals surface area contributed by atoms with E-state index < -0.39 is 0 Å². The lowest BCUT2D eigenvalue weighted by Crippen LogP contribution is -2.36. The Balaban J connectivity index is 1.75. The molecule has 1 aliphatic carbocycles. The van der Waals surface area contributed by atoms with Gasteiger partial charge in [0, 0.05) is 24.6 Å². The molecule has 0 radical (unpaired) electrons. The second kappa shape index (κ2) is 8.41. The number of nitrogens with one attached hydrogen (secondary N) is 1. The highest BCUT2D eigenvalue weighted by Crippen LogP contribution is 2.27. The molecule has 1 heterocycles. The van der Waals surface area contributed by atoms with Gasteiger partial charge >= 0.3 is 0 Å². The number of fused-ring (bicyclic) bond motifs is 1. The molecule has 134 valence electrons. The van der Waals surface area contributed by atoms with Crippen molar-refractivity contribution in [2.45, 2.75) is 37.8 Å². The summed E-state index contributed by atoms with van der Waals surface area (Å²) in [5.41, 5.74) is 2.11. The minimum atomic E-state index is 0.488. The Morgan fingerprint density at radius 3 is 2.72 bits per heavy atom. The molecule has 1 aliphatic rings. The molecule has 5 nitrogen and oxygen atoms in total. The third kappa shape index (κ3) is 4.55. The highest BCUT2D eigenvalue weighted by atomic mass is 16.5. The van der Waals surface area contributed by atoms with Gasteiger partial charge in [-0.15, -0.1) is 0 Å². The van der Waals surface area contributed by atoms with Gasteiger partial charge in [-0.05, 0) is 57.5 Å². The van der Waals surface area contributed by atoms with Crippen LogP contribution < -0.4 is 5.32 Å². The first-order valence-electron chi connectivity index (χ1n) is 9.00. The lowest BCUT2D eigenvalue weighted by Gasteiger charge is -2.33. The van der Waals surface area contributed by atoms with Gasteiger partial charge in [-0.1, -0.05) is 18.2 Å². The Kier molecular flexibility index (Phi) is 6.00. The normalized spacial score (nSPS) is 21.3. The molecule has 0 aliphatic heterocycles. The van der Waals surface area contributed by atoms with Crippen LogP contribution in [0.1, 0.15) is 31.2 Å². The van der Waals surface area contributed by atoms with Gasteiger partial charge in [0.1, 0.15) is 12.1 Å². The van der Waals surface area contributed by atoms with Gasteiger partial charge in [0.05, 0.1) is 12.1 Å². The second-order valence-electron chi connectivity index (χ2n) is 6.97. The van der Waals surface area contributed by atoms with Crippen LogP contribution in [0, 0.1) is 0 Å². The number of methoxy groups -OCH3 is 1. The second-order valence-corrected chi connectivity index (χ2v) is 6.97. The summed E-state index contributed by atoms with van der Waals surface area (Å²) in [6, 6.07) is 7.47. The summed E-state index contributed by atoms with van der Waals surface area (Å²) >= 11 is 0. The van der Waals surface area contributed by atoms with Gasteiger partial charge < -0.3 is 15.0 Å². The Labute approximate surface area is 150 Å². The molecule has 1 aromatic carbocycles. The van der Waals surface area contributed by atoms with Crippen LogP contribution in [0.25, 0.3) is 17.0 Å².